The van der Waals surface area contributed by atoms with Crippen LogP contribution in [0.3, 0.4) is 0 Å². The molecule has 1 N–H and O–H groups in total. The highest BCUT2D eigenvalue weighted by atomic mass is 35.5. The summed E-state index contributed by atoms with van der Waals surface area (Å²) in [5.74, 6) is -0.122. The van der Waals surface area contributed by atoms with Crippen LogP contribution < -0.4 is 5.32 Å². The quantitative estimate of drug-likeness (QED) is 0.856. The maximum atomic E-state index is 12.1. The normalized spacial score (nSPS) is 10.3. The van der Waals surface area contributed by atoms with E-state index in [1.165, 1.54) is 5.56 Å². The molecule has 2 aromatic rings. The van der Waals surface area contributed by atoms with Gasteiger partial charge in [0.15, 0.2) is 0 Å². The van der Waals surface area contributed by atoms with Gasteiger partial charge in [0.2, 0.25) is 0 Å². The van der Waals surface area contributed by atoms with Gasteiger partial charge >= 0.3 is 0 Å². The molecule has 2 nitrogen and oxygen atoms in total. The number of anilines is 1. The molecule has 0 saturated heterocycles. The maximum Gasteiger partial charge on any atom is 0.255 e. The van der Waals surface area contributed by atoms with E-state index in [1.807, 2.05) is 51.1 Å². The van der Waals surface area contributed by atoms with E-state index in [1.54, 1.807) is 6.07 Å². The minimum absolute atomic E-state index is 0.122. The van der Waals surface area contributed by atoms with Gasteiger partial charge in [-0.15, -0.1) is 0 Å². The van der Waals surface area contributed by atoms with Gasteiger partial charge in [-0.25, -0.2) is 0 Å². The van der Waals surface area contributed by atoms with Crippen LogP contribution in [0.1, 0.15) is 27.0 Å². The van der Waals surface area contributed by atoms with E-state index in [0.717, 1.165) is 11.1 Å². The second-order valence-corrected chi connectivity index (χ2v) is 5.12. The van der Waals surface area contributed by atoms with E-state index < -0.39 is 0 Å². The lowest BCUT2D eigenvalue weighted by molar-refractivity contribution is 0.102. The summed E-state index contributed by atoms with van der Waals surface area (Å²) in [6.07, 6.45) is 0. The second-order valence-electron chi connectivity index (χ2n) is 4.72. The standard InChI is InChI=1S/C16H16ClNO/c1-10-4-6-13(8-12(10)3)16(19)18-14-7-5-11(2)15(17)9-14/h4-9H,1-3H3,(H,18,19). The number of amides is 1. The van der Waals surface area contributed by atoms with Crippen LogP contribution in [0.2, 0.25) is 5.02 Å². The Morgan fingerprint density at radius 1 is 0.947 bits per heavy atom. The molecule has 0 spiro atoms. The third-order valence-electron chi connectivity index (χ3n) is 3.20. The van der Waals surface area contributed by atoms with Gasteiger partial charge in [0.25, 0.3) is 5.91 Å². The molecule has 0 fully saturated rings. The zero-order chi connectivity index (χ0) is 14.0. The number of nitrogens with one attached hydrogen (secondary N) is 1. The van der Waals surface area contributed by atoms with Crippen LogP contribution in [-0.2, 0) is 0 Å². The smallest absolute Gasteiger partial charge is 0.255 e. The SMILES string of the molecule is Cc1ccc(C(=O)Nc2ccc(C)c(Cl)c2)cc1C. The lowest BCUT2D eigenvalue weighted by atomic mass is 10.1. The second kappa shape index (κ2) is 5.45. The van der Waals surface area contributed by atoms with Crippen LogP contribution in [0.15, 0.2) is 36.4 Å². The summed E-state index contributed by atoms with van der Waals surface area (Å²) < 4.78 is 0. The molecule has 0 saturated carbocycles. The Hall–Kier alpha value is -1.80. The molecular formula is C16H16ClNO. The molecule has 0 unspecified atom stereocenters. The number of carbonyl (C=O) groups excluding carboxylic acids is 1. The molecular weight excluding hydrogens is 258 g/mol. The highest BCUT2D eigenvalue weighted by molar-refractivity contribution is 6.31. The van der Waals surface area contributed by atoms with Crippen molar-refractivity contribution in [1.29, 1.82) is 0 Å². The van der Waals surface area contributed by atoms with E-state index in [9.17, 15) is 4.79 Å². The fourth-order valence-electron chi connectivity index (χ4n) is 1.76. The number of benzene rings is 2. The van der Waals surface area contributed by atoms with Gasteiger partial charge in [-0.05, 0) is 61.7 Å². The predicted octanol–water partition coefficient (Wildman–Crippen LogP) is 4.52. The molecule has 1 amide bonds. The highest BCUT2D eigenvalue weighted by Crippen LogP contribution is 2.20. The van der Waals surface area contributed by atoms with Gasteiger partial charge in [0.1, 0.15) is 0 Å². The first-order chi connectivity index (χ1) is 8.97. The van der Waals surface area contributed by atoms with Crippen LogP contribution in [0, 0.1) is 20.8 Å². The van der Waals surface area contributed by atoms with Gasteiger partial charge in [0, 0.05) is 16.3 Å². The largest absolute Gasteiger partial charge is 0.322 e. The summed E-state index contributed by atoms with van der Waals surface area (Å²) in [7, 11) is 0. The third-order valence-corrected chi connectivity index (χ3v) is 3.61. The number of hydrogen-bond donors (Lipinski definition) is 1. The van der Waals surface area contributed by atoms with E-state index in [0.29, 0.717) is 16.3 Å². The Bertz CT molecular complexity index is 635. The molecule has 98 valence electrons. The summed E-state index contributed by atoms with van der Waals surface area (Å²) >= 11 is 6.04. The van der Waals surface area contributed by atoms with E-state index in [-0.39, 0.29) is 5.91 Å². The summed E-state index contributed by atoms with van der Waals surface area (Å²) in [5, 5.41) is 3.50. The van der Waals surface area contributed by atoms with Crippen molar-refractivity contribution in [1.82, 2.24) is 0 Å². The number of rotatable bonds is 2. The minimum Gasteiger partial charge on any atom is -0.322 e. The predicted molar refractivity (Wildman–Crippen MR) is 80.1 cm³/mol. The van der Waals surface area contributed by atoms with Gasteiger partial charge < -0.3 is 5.32 Å². The van der Waals surface area contributed by atoms with Crippen LogP contribution in [-0.4, -0.2) is 5.91 Å². The van der Waals surface area contributed by atoms with Crippen molar-refractivity contribution >= 4 is 23.2 Å². The Kier molecular flexibility index (Phi) is 3.91. The molecule has 0 atom stereocenters. The maximum absolute atomic E-state index is 12.1. The summed E-state index contributed by atoms with van der Waals surface area (Å²) in [4.78, 5) is 12.1. The van der Waals surface area contributed by atoms with Crippen molar-refractivity contribution in [2.75, 3.05) is 5.32 Å². The molecule has 0 aliphatic heterocycles. The average molecular weight is 274 g/mol. The van der Waals surface area contributed by atoms with Crippen molar-refractivity contribution in [2.24, 2.45) is 0 Å². The van der Waals surface area contributed by atoms with Crippen molar-refractivity contribution < 1.29 is 4.79 Å². The lowest BCUT2D eigenvalue weighted by Gasteiger charge is -2.08. The van der Waals surface area contributed by atoms with Crippen molar-refractivity contribution in [3.05, 3.63) is 63.7 Å². The Labute approximate surface area is 118 Å². The van der Waals surface area contributed by atoms with Crippen molar-refractivity contribution in [3.63, 3.8) is 0 Å². The lowest BCUT2D eigenvalue weighted by Crippen LogP contribution is -2.12. The Morgan fingerprint density at radius 3 is 2.26 bits per heavy atom. The number of aryl methyl sites for hydroxylation is 3. The molecule has 2 aromatic carbocycles. The molecule has 3 heteroatoms. The first-order valence-electron chi connectivity index (χ1n) is 6.12. The van der Waals surface area contributed by atoms with Crippen LogP contribution in [0.25, 0.3) is 0 Å². The Balaban J connectivity index is 2.20. The highest BCUT2D eigenvalue weighted by Gasteiger charge is 2.07. The molecule has 19 heavy (non-hydrogen) atoms. The van der Waals surface area contributed by atoms with E-state index >= 15 is 0 Å². The third kappa shape index (κ3) is 3.15. The first kappa shape index (κ1) is 13.6. The number of halogens is 1. The molecule has 2 rings (SSSR count). The van der Waals surface area contributed by atoms with E-state index in [4.69, 9.17) is 11.6 Å². The monoisotopic (exact) mass is 273 g/mol. The summed E-state index contributed by atoms with van der Waals surface area (Å²) in [6.45, 7) is 5.95. The average Bonchev–Trinajstić information content (AvgIpc) is 2.37. The molecule has 0 aliphatic carbocycles. The summed E-state index contributed by atoms with van der Waals surface area (Å²) in [5.41, 5.74) is 4.63. The summed E-state index contributed by atoms with van der Waals surface area (Å²) in [6, 6.07) is 11.2. The van der Waals surface area contributed by atoms with Crippen molar-refractivity contribution in [3.8, 4) is 0 Å². The van der Waals surface area contributed by atoms with Gasteiger partial charge in [-0.1, -0.05) is 23.7 Å². The minimum atomic E-state index is -0.122. The molecule has 0 heterocycles. The number of hydrogen-bond acceptors (Lipinski definition) is 1. The van der Waals surface area contributed by atoms with Crippen LogP contribution in [0.5, 0.6) is 0 Å². The van der Waals surface area contributed by atoms with Gasteiger partial charge in [-0.3, -0.25) is 4.79 Å². The first-order valence-corrected chi connectivity index (χ1v) is 6.50. The van der Waals surface area contributed by atoms with Crippen molar-refractivity contribution in [2.45, 2.75) is 20.8 Å². The fraction of sp³-hybridized carbons (Fsp3) is 0.188. The van der Waals surface area contributed by atoms with Gasteiger partial charge in [0.05, 0.1) is 0 Å². The van der Waals surface area contributed by atoms with Crippen LogP contribution >= 0.6 is 11.6 Å². The zero-order valence-electron chi connectivity index (χ0n) is 11.3. The van der Waals surface area contributed by atoms with Crippen LogP contribution in [0.4, 0.5) is 5.69 Å². The molecule has 0 aromatic heterocycles. The molecule has 0 aliphatic rings. The number of carbonyl (C=O) groups is 1. The topological polar surface area (TPSA) is 29.1 Å². The fourth-order valence-corrected chi connectivity index (χ4v) is 1.94. The zero-order valence-corrected chi connectivity index (χ0v) is 12.0. The van der Waals surface area contributed by atoms with E-state index in [2.05, 4.69) is 5.32 Å². The molecule has 0 radical (unpaired) electrons. The van der Waals surface area contributed by atoms with Gasteiger partial charge in [-0.2, -0.15) is 0 Å². The molecule has 0 bridgehead atoms. The Morgan fingerprint density at radius 2 is 1.63 bits per heavy atom.